The van der Waals surface area contributed by atoms with Crippen molar-refractivity contribution in [1.82, 2.24) is 5.32 Å². The standard InChI is InChI=1S/C37H55NO3S/c1-33(2)27(25-9-11-26(12-10-25)32(39)40)15-18-34(3)30(33)16-19-36(5)31(34)14-13-28-29-8-7-17-37(29,21-20-35(28,36)4)24-38-22-23-42(6)41/h9-12,15,28-31,38H,7-8,13-14,16-24H2,1-6H3,(H,39,40)/t28?,29?,30?,31?,34?,35-,36?,37?,42?/m1/s1. The van der Waals surface area contributed by atoms with E-state index >= 15 is 0 Å². The van der Waals surface area contributed by atoms with Crippen LogP contribution in [0.4, 0.5) is 0 Å². The average molecular weight is 594 g/mol. The Kier molecular flexibility index (Phi) is 7.69. The van der Waals surface area contributed by atoms with Crippen LogP contribution in [0.5, 0.6) is 0 Å². The van der Waals surface area contributed by atoms with E-state index < -0.39 is 16.8 Å². The molecule has 1 aromatic rings. The van der Waals surface area contributed by atoms with Crippen molar-refractivity contribution in [2.45, 2.75) is 98.8 Å². The van der Waals surface area contributed by atoms with E-state index in [1.54, 1.807) is 12.1 Å². The molecule has 8 unspecified atom stereocenters. The molecule has 0 amide bonds. The van der Waals surface area contributed by atoms with Crippen molar-refractivity contribution in [3.8, 4) is 0 Å². The number of carboxylic acid groups (broad SMARTS) is 1. The first-order valence-corrected chi connectivity index (χ1v) is 18.6. The molecule has 5 aliphatic carbocycles. The molecule has 4 fully saturated rings. The third-order valence-electron chi connectivity index (χ3n) is 14.6. The molecule has 0 saturated heterocycles. The highest BCUT2D eigenvalue weighted by Gasteiger charge is 2.69. The smallest absolute Gasteiger partial charge is 0.335 e. The predicted molar refractivity (Wildman–Crippen MR) is 174 cm³/mol. The van der Waals surface area contributed by atoms with E-state index in [0.29, 0.717) is 27.7 Å². The number of fused-ring (bicyclic) bond motifs is 7. The van der Waals surface area contributed by atoms with Crippen LogP contribution < -0.4 is 5.32 Å². The molecule has 0 heterocycles. The van der Waals surface area contributed by atoms with E-state index in [1.165, 1.54) is 68.9 Å². The van der Waals surface area contributed by atoms with Gasteiger partial charge in [-0.05, 0) is 132 Å². The molecule has 1 aromatic carbocycles. The van der Waals surface area contributed by atoms with Crippen LogP contribution in [-0.2, 0) is 10.8 Å². The molecular weight excluding hydrogens is 538 g/mol. The minimum absolute atomic E-state index is 0.0534. The average Bonchev–Trinajstić information content (AvgIpc) is 3.35. The molecule has 0 spiro atoms. The van der Waals surface area contributed by atoms with Gasteiger partial charge in [-0.3, -0.25) is 4.21 Å². The van der Waals surface area contributed by atoms with Crippen LogP contribution >= 0.6 is 0 Å². The molecule has 0 bridgehead atoms. The van der Waals surface area contributed by atoms with Crippen molar-refractivity contribution in [2.75, 3.05) is 25.1 Å². The highest BCUT2D eigenvalue weighted by atomic mass is 32.2. The highest BCUT2D eigenvalue weighted by molar-refractivity contribution is 7.84. The number of hydrogen-bond acceptors (Lipinski definition) is 3. The fourth-order valence-corrected chi connectivity index (χ4v) is 12.9. The second kappa shape index (κ2) is 10.6. The number of hydrogen-bond donors (Lipinski definition) is 2. The van der Waals surface area contributed by atoms with Crippen LogP contribution in [0.3, 0.4) is 0 Å². The Morgan fingerprint density at radius 1 is 0.905 bits per heavy atom. The summed E-state index contributed by atoms with van der Waals surface area (Å²) in [6.45, 7) is 15.0. The van der Waals surface area contributed by atoms with Gasteiger partial charge in [0.1, 0.15) is 0 Å². The molecular formula is C37H55NO3S. The zero-order valence-electron chi connectivity index (χ0n) is 27.1. The normalized spacial score (nSPS) is 42.9. The van der Waals surface area contributed by atoms with Gasteiger partial charge in [0.05, 0.1) is 5.56 Å². The zero-order chi connectivity index (χ0) is 30.1. The molecule has 9 atom stereocenters. The summed E-state index contributed by atoms with van der Waals surface area (Å²) >= 11 is 0. The van der Waals surface area contributed by atoms with Crippen LogP contribution in [0.1, 0.15) is 115 Å². The van der Waals surface area contributed by atoms with E-state index in [9.17, 15) is 14.1 Å². The summed E-state index contributed by atoms with van der Waals surface area (Å²) < 4.78 is 11.7. The van der Waals surface area contributed by atoms with E-state index in [0.717, 1.165) is 43.0 Å². The number of allylic oxidation sites excluding steroid dienone is 2. The van der Waals surface area contributed by atoms with Gasteiger partial charge in [0.25, 0.3) is 0 Å². The van der Waals surface area contributed by atoms with Gasteiger partial charge < -0.3 is 10.4 Å². The Morgan fingerprint density at radius 2 is 1.64 bits per heavy atom. The lowest BCUT2D eigenvalue weighted by Gasteiger charge is -2.72. The third-order valence-corrected chi connectivity index (χ3v) is 15.4. The van der Waals surface area contributed by atoms with Crippen LogP contribution in [0.15, 0.2) is 30.3 Å². The quantitative estimate of drug-likeness (QED) is 0.313. The molecule has 4 saturated carbocycles. The first kappa shape index (κ1) is 30.6. The highest BCUT2D eigenvalue weighted by Crippen LogP contribution is 2.77. The van der Waals surface area contributed by atoms with Crippen molar-refractivity contribution in [3.63, 3.8) is 0 Å². The minimum atomic E-state index is -0.857. The van der Waals surface area contributed by atoms with Crippen LogP contribution in [0, 0.1) is 50.7 Å². The first-order chi connectivity index (χ1) is 19.8. The lowest BCUT2D eigenvalue weighted by Crippen LogP contribution is -2.65. The number of rotatable bonds is 7. The van der Waals surface area contributed by atoms with Gasteiger partial charge in [-0.25, -0.2) is 4.79 Å². The maximum absolute atomic E-state index is 11.7. The Morgan fingerprint density at radius 3 is 2.33 bits per heavy atom. The minimum Gasteiger partial charge on any atom is -0.478 e. The summed E-state index contributed by atoms with van der Waals surface area (Å²) in [5.74, 6) is 2.94. The molecule has 5 aliphatic rings. The van der Waals surface area contributed by atoms with Crippen LogP contribution in [0.25, 0.3) is 5.57 Å². The number of benzene rings is 1. The molecule has 2 N–H and O–H groups in total. The number of aromatic carboxylic acids is 1. The Labute approximate surface area is 257 Å². The van der Waals surface area contributed by atoms with Gasteiger partial charge in [0.15, 0.2) is 0 Å². The van der Waals surface area contributed by atoms with Gasteiger partial charge in [-0.2, -0.15) is 0 Å². The molecule has 5 heteroatoms. The monoisotopic (exact) mass is 593 g/mol. The van der Waals surface area contributed by atoms with E-state index in [1.807, 2.05) is 18.4 Å². The van der Waals surface area contributed by atoms with E-state index in [2.05, 4.69) is 46.0 Å². The number of carboxylic acids is 1. The largest absolute Gasteiger partial charge is 0.478 e. The van der Waals surface area contributed by atoms with Crippen LogP contribution in [-0.4, -0.2) is 40.4 Å². The number of carbonyl (C=O) groups is 1. The Balaban J connectivity index is 1.27. The number of nitrogens with one attached hydrogen (secondary N) is 1. The molecule has 0 aliphatic heterocycles. The fourth-order valence-electron chi connectivity index (χ4n) is 12.5. The molecule has 4 nitrogen and oxygen atoms in total. The zero-order valence-corrected chi connectivity index (χ0v) is 27.9. The summed E-state index contributed by atoms with van der Waals surface area (Å²) in [6, 6.07) is 7.61. The summed E-state index contributed by atoms with van der Waals surface area (Å²) in [4.78, 5) is 11.5. The van der Waals surface area contributed by atoms with Crippen molar-refractivity contribution >= 4 is 22.3 Å². The van der Waals surface area contributed by atoms with E-state index in [-0.39, 0.29) is 10.8 Å². The lowest BCUT2D eigenvalue weighted by molar-refractivity contribution is -0.222. The molecule has 0 aromatic heterocycles. The van der Waals surface area contributed by atoms with E-state index in [4.69, 9.17) is 0 Å². The maximum Gasteiger partial charge on any atom is 0.335 e. The second-order valence-corrected chi connectivity index (χ2v) is 18.0. The SMILES string of the molecule is CS(=O)CCNCC12CCCC1C1CCC3C4(C)CC=C(c5ccc(C(=O)O)cc5)C(C)(C)C4CCC3(C)[C@]1(C)CC2. The second-order valence-electron chi connectivity index (χ2n) is 16.4. The topological polar surface area (TPSA) is 66.4 Å². The Hall–Kier alpha value is -1.46. The van der Waals surface area contributed by atoms with Gasteiger partial charge in [0, 0.05) is 35.9 Å². The lowest BCUT2D eigenvalue weighted by atomic mass is 9.32. The van der Waals surface area contributed by atoms with Crippen LogP contribution in [0.2, 0.25) is 0 Å². The molecule has 0 radical (unpaired) electrons. The summed E-state index contributed by atoms with van der Waals surface area (Å²) in [7, 11) is -0.722. The fraction of sp³-hybridized carbons (Fsp3) is 0.757. The van der Waals surface area contributed by atoms with Crippen molar-refractivity contribution < 1.29 is 14.1 Å². The predicted octanol–water partition coefficient (Wildman–Crippen LogP) is 8.20. The summed E-state index contributed by atoms with van der Waals surface area (Å²) in [5.41, 5.74) is 4.53. The van der Waals surface area contributed by atoms with Gasteiger partial charge in [0.2, 0.25) is 0 Å². The third kappa shape index (κ3) is 4.44. The Bertz CT molecular complexity index is 1270. The van der Waals surface area contributed by atoms with Gasteiger partial charge >= 0.3 is 5.97 Å². The van der Waals surface area contributed by atoms with Gasteiger partial charge in [-0.1, -0.05) is 59.2 Å². The van der Waals surface area contributed by atoms with Gasteiger partial charge in [-0.15, -0.1) is 0 Å². The first-order valence-electron chi connectivity index (χ1n) is 16.8. The summed E-state index contributed by atoms with van der Waals surface area (Å²) in [5, 5.41) is 13.2. The van der Waals surface area contributed by atoms with Crippen molar-refractivity contribution in [1.29, 1.82) is 0 Å². The van der Waals surface area contributed by atoms with Crippen molar-refractivity contribution in [3.05, 3.63) is 41.5 Å². The molecule has 6 rings (SSSR count). The maximum atomic E-state index is 11.7. The molecule has 232 valence electrons. The summed E-state index contributed by atoms with van der Waals surface area (Å²) in [6.07, 6.45) is 17.8. The van der Waals surface area contributed by atoms with Crippen molar-refractivity contribution in [2.24, 2.45) is 50.7 Å². The molecule has 42 heavy (non-hydrogen) atoms.